The predicted octanol–water partition coefficient (Wildman–Crippen LogP) is 7.16. The van der Waals surface area contributed by atoms with Gasteiger partial charge in [-0.25, -0.2) is 13.4 Å². The van der Waals surface area contributed by atoms with Crippen molar-refractivity contribution in [1.29, 1.82) is 0 Å². The molecule has 0 atom stereocenters. The number of sulfone groups is 1. The Kier molecular flexibility index (Phi) is 5.73. The number of thiazole rings is 1. The molecule has 0 N–H and O–H groups in total. The first-order valence-corrected chi connectivity index (χ1v) is 12.5. The molecule has 0 saturated carbocycles. The molecule has 1 aromatic heterocycles. The first-order chi connectivity index (χ1) is 14.2. The summed E-state index contributed by atoms with van der Waals surface area (Å²) in [5.41, 5.74) is 4.39. The Morgan fingerprint density at radius 3 is 2.17 bits per heavy atom. The molecular weight excluding hydrogens is 457 g/mol. The maximum atomic E-state index is 11.8. The first kappa shape index (κ1) is 21.1. The average molecular weight is 474 g/mol. The Labute approximate surface area is 189 Å². The van der Waals surface area contributed by atoms with E-state index in [9.17, 15) is 8.42 Å². The number of halogens is 2. The van der Waals surface area contributed by atoms with E-state index in [2.05, 4.69) is 0 Å². The third-order valence-electron chi connectivity index (χ3n) is 4.72. The number of aryl methyl sites for hydroxylation is 1. The molecule has 0 amide bonds. The van der Waals surface area contributed by atoms with Crippen LogP contribution in [0.25, 0.3) is 32.3 Å². The lowest BCUT2D eigenvalue weighted by Crippen LogP contribution is -1.96. The summed E-state index contributed by atoms with van der Waals surface area (Å²) in [6.07, 6.45) is 1.20. The van der Waals surface area contributed by atoms with E-state index in [0.717, 1.165) is 37.8 Å². The number of benzene rings is 3. The van der Waals surface area contributed by atoms with Crippen LogP contribution in [-0.4, -0.2) is 19.7 Å². The molecule has 0 radical (unpaired) electrons. The topological polar surface area (TPSA) is 47.0 Å². The second kappa shape index (κ2) is 8.16. The van der Waals surface area contributed by atoms with Gasteiger partial charge in [0.15, 0.2) is 9.84 Å². The smallest absolute Gasteiger partial charge is 0.175 e. The van der Waals surface area contributed by atoms with E-state index >= 15 is 0 Å². The van der Waals surface area contributed by atoms with Crippen molar-refractivity contribution in [2.75, 3.05) is 6.26 Å². The summed E-state index contributed by atoms with van der Waals surface area (Å²) in [7, 11) is -3.26. The normalized spacial score (nSPS) is 11.6. The molecule has 0 aliphatic heterocycles. The second-order valence-electron chi connectivity index (χ2n) is 6.94. The van der Waals surface area contributed by atoms with E-state index in [1.54, 1.807) is 24.3 Å². The van der Waals surface area contributed by atoms with Crippen molar-refractivity contribution in [1.82, 2.24) is 4.98 Å². The van der Waals surface area contributed by atoms with Gasteiger partial charge >= 0.3 is 0 Å². The molecule has 30 heavy (non-hydrogen) atoms. The zero-order chi connectivity index (χ0) is 21.5. The fraction of sp³-hybridized carbons (Fsp3) is 0.0870. The highest BCUT2D eigenvalue weighted by atomic mass is 35.5. The second-order valence-corrected chi connectivity index (χ2v) is 10.8. The molecule has 0 bridgehead atoms. The molecule has 7 heteroatoms. The SMILES string of the molecule is Cc1ccc(-c2nc(-c3ccccc3Cl)sc2-c2ccc(S(C)(=O)=O)cc2)cc1Cl. The Morgan fingerprint density at radius 1 is 0.867 bits per heavy atom. The van der Waals surface area contributed by atoms with Gasteiger partial charge in [-0.1, -0.05) is 65.7 Å². The molecule has 152 valence electrons. The molecule has 0 unspecified atom stereocenters. The van der Waals surface area contributed by atoms with E-state index in [0.29, 0.717) is 10.0 Å². The minimum absolute atomic E-state index is 0.280. The number of rotatable bonds is 4. The van der Waals surface area contributed by atoms with Gasteiger partial charge in [-0.15, -0.1) is 11.3 Å². The number of aromatic nitrogens is 1. The molecule has 4 rings (SSSR count). The van der Waals surface area contributed by atoms with Crippen LogP contribution in [0.4, 0.5) is 0 Å². The fourth-order valence-corrected chi connectivity index (χ4v) is 5.28. The average Bonchev–Trinajstić information content (AvgIpc) is 3.15. The number of hydrogen-bond acceptors (Lipinski definition) is 4. The molecule has 3 aromatic carbocycles. The minimum Gasteiger partial charge on any atom is -0.235 e. The lowest BCUT2D eigenvalue weighted by Gasteiger charge is -2.06. The van der Waals surface area contributed by atoms with Gasteiger partial charge < -0.3 is 0 Å². The summed E-state index contributed by atoms with van der Waals surface area (Å²) in [5, 5.41) is 2.08. The Balaban J connectivity index is 1.92. The van der Waals surface area contributed by atoms with Crippen molar-refractivity contribution >= 4 is 44.4 Å². The maximum absolute atomic E-state index is 11.8. The van der Waals surface area contributed by atoms with Gasteiger partial charge in [-0.2, -0.15) is 0 Å². The lowest BCUT2D eigenvalue weighted by atomic mass is 10.1. The maximum Gasteiger partial charge on any atom is 0.175 e. The predicted molar refractivity (Wildman–Crippen MR) is 126 cm³/mol. The third kappa shape index (κ3) is 4.16. The molecule has 0 aliphatic carbocycles. The summed E-state index contributed by atoms with van der Waals surface area (Å²) < 4.78 is 23.7. The third-order valence-corrected chi connectivity index (χ3v) is 7.72. The highest BCUT2D eigenvalue weighted by Gasteiger charge is 2.18. The quantitative estimate of drug-likeness (QED) is 0.315. The molecule has 0 saturated heterocycles. The van der Waals surface area contributed by atoms with Gasteiger partial charge in [0.05, 0.1) is 20.5 Å². The van der Waals surface area contributed by atoms with Crippen LogP contribution in [-0.2, 0) is 9.84 Å². The van der Waals surface area contributed by atoms with Crippen molar-refractivity contribution in [2.45, 2.75) is 11.8 Å². The van der Waals surface area contributed by atoms with Gasteiger partial charge in [0.1, 0.15) is 5.01 Å². The van der Waals surface area contributed by atoms with E-state index in [1.165, 1.54) is 17.6 Å². The van der Waals surface area contributed by atoms with Crippen molar-refractivity contribution in [3.63, 3.8) is 0 Å². The number of nitrogens with zero attached hydrogens (tertiary/aromatic N) is 1. The zero-order valence-electron chi connectivity index (χ0n) is 16.2. The molecule has 0 spiro atoms. The van der Waals surface area contributed by atoms with Crippen molar-refractivity contribution in [3.8, 4) is 32.3 Å². The monoisotopic (exact) mass is 473 g/mol. The standard InChI is InChI=1S/C23H17Cl2NO2S2/c1-14-7-8-16(13-20(14)25)21-22(15-9-11-17(12-10-15)30(2,27)28)29-23(26-21)18-5-3-4-6-19(18)24/h3-13H,1-2H3. The zero-order valence-corrected chi connectivity index (χ0v) is 19.3. The van der Waals surface area contributed by atoms with E-state index in [4.69, 9.17) is 28.2 Å². The molecule has 0 aliphatic rings. The Bertz CT molecular complexity index is 1340. The van der Waals surface area contributed by atoms with Crippen molar-refractivity contribution < 1.29 is 8.42 Å². The van der Waals surface area contributed by atoms with Crippen LogP contribution in [0.2, 0.25) is 10.0 Å². The summed E-state index contributed by atoms with van der Waals surface area (Å²) in [6, 6.07) is 20.3. The van der Waals surface area contributed by atoms with Crippen LogP contribution in [0.3, 0.4) is 0 Å². The van der Waals surface area contributed by atoms with Crippen LogP contribution in [0, 0.1) is 6.92 Å². The lowest BCUT2D eigenvalue weighted by molar-refractivity contribution is 0.602. The molecular formula is C23H17Cl2NO2S2. The molecule has 1 heterocycles. The van der Waals surface area contributed by atoms with E-state index < -0.39 is 9.84 Å². The number of hydrogen-bond donors (Lipinski definition) is 0. The van der Waals surface area contributed by atoms with Gasteiger partial charge in [0.25, 0.3) is 0 Å². The van der Waals surface area contributed by atoms with Crippen molar-refractivity contribution in [3.05, 3.63) is 82.3 Å². The van der Waals surface area contributed by atoms with Crippen LogP contribution in [0.5, 0.6) is 0 Å². The van der Waals surface area contributed by atoms with Gasteiger partial charge in [-0.3, -0.25) is 0 Å². The van der Waals surface area contributed by atoms with E-state index in [1.807, 2.05) is 49.4 Å². The fourth-order valence-electron chi connectivity index (χ4n) is 3.05. The highest BCUT2D eigenvalue weighted by molar-refractivity contribution is 7.90. The summed E-state index contributed by atoms with van der Waals surface area (Å²) in [4.78, 5) is 6.09. The van der Waals surface area contributed by atoms with Crippen LogP contribution in [0.1, 0.15) is 5.56 Å². The van der Waals surface area contributed by atoms with Gasteiger partial charge in [-0.05, 0) is 42.3 Å². The van der Waals surface area contributed by atoms with Gasteiger partial charge in [0.2, 0.25) is 0 Å². The van der Waals surface area contributed by atoms with Crippen molar-refractivity contribution in [2.24, 2.45) is 0 Å². The van der Waals surface area contributed by atoms with E-state index in [-0.39, 0.29) is 4.90 Å². The largest absolute Gasteiger partial charge is 0.235 e. The highest BCUT2D eigenvalue weighted by Crippen LogP contribution is 2.43. The minimum atomic E-state index is -3.26. The van der Waals surface area contributed by atoms with Crippen LogP contribution < -0.4 is 0 Å². The van der Waals surface area contributed by atoms with Crippen LogP contribution >= 0.6 is 34.5 Å². The Morgan fingerprint density at radius 2 is 1.53 bits per heavy atom. The molecule has 3 nitrogen and oxygen atoms in total. The molecule has 0 fully saturated rings. The first-order valence-electron chi connectivity index (χ1n) is 9.07. The summed E-state index contributed by atoms with van der Waals surface area (Å²) in [5.74, 6) is 0. The Hall–Kier alpha value is -2.18. The van der Waals surface area contributed by atoms with Crippen LogP contribution in [0.15, 0.2) is 71.6 Å². The summed E-state index contributed by atoms with van der Waals surface area (Å²) in [6.45, 7) is 1.95. The summed E-state index contributed by atoms with van der Waals surface area (Å²) >= 11 is 14.3. The molecule has 4 aromatic rings. The van der Waals surface area contributed by atoms with Gasteiger partial charge in [0, 0.05) is 22.4 Å².